The molecule has 0 aromatic rings. The van der Waals surface area contributed by atoms with Gasteiger partial charge in [-0.1, -0.05) is 28.8 Å². The lowest BCUT2D eigenvalue weighted by atomic mass is 10.2. The fourth-order valence-corrected chi connectivity index (χ4v) is 1.73. The van der Waals surface area contributed by atoms with Gasteiger partial charge in [0.15, 0.2) is 0 Å². The predicted molar refractivity (Wildman–Crippen MR) is 68.2 cm³/mol. The van der Waals surface area contributed by atoms with Gasteiger partial charge in [0.2, 0.25) is 5.91 Å². The number of halogens is 1. The molecule has 0 aliphatic rings. The lowest BCUT2D eigenvalue weighted by molar-refractivity contribution is -0.120. The highest BCUT2D eigenvalue weighted by molar-refractivity contribution is 9.10. The molecule has 0 aromatic heterocycles. The summed E-state index contributed by atoms with van der Waals surface area (Å²) in [5, 5.41) is 2.88. The van der Waals surface area contributed by atoms with Crippen LogP contribution in [0.2, 0.25) is 0 Å². The van der Waals surface area contributed by atoms with E-state index in [0.29, 0.717) is 0 Å². The Kier molecular flexibility index (Phi) is 10.1. The third-order valence-corrected chi connectivity index (χ3v) is 3.05. The van der Waals surface area contributed by atoms with E-state index in [2.05, 4.69) is 27.5 Å². The largest absolute Gasteiger partial charge is 0.355 e. The first kappa shape index (κ1) is 14.3. The van der Waals surface area contributed by atoms with Crippen molar-refractivity contribution in [2.75, 3.05) is 18.6 Å². The van der Waals surface area contributed by atoms with Gasteiger partial charge < -0.3 is 5.32 Å². The quantitative estimate of drug-likeness (QED) is 0.548. The first-order valence-electron chi connectivity index (χ1n) is 5.09. The number of nitrogens with one attached hydrogen (secondary N) is 1. The molecular formula is C10H20BrNOS. The number of amides is 1. The van der Waals surface area contributed by atoms with E-state index in [0.717, 1.165) is 13.0 Å². The molecule has 1 N–H and O–H groups in total. The molecular weight excluding hydrogens is 262 g/mol. The minimum atomic E-state index is -0.0704. The fraction of sp³-hybridized carbons (Fsp3) is 0.900. The van der Waals surface area contributed by atoms with Crippen molar-refractivity contribution in [1.82, 2.24) is 5.32 Å². The zero-order chi connectivity index (χ0) is 10.8. The van der Waals surface area contributed by atoms with Crippen LogP contribution in [0.4, 0.5) is 0 Å². The van der Waals surface area contributed by atoms with Gasteiger partial charge in [0.1, 0.15) is 0 Å². The van der Waals surface area contributed by atoms with Crippen LogP contribution in [0.25, 0.3) is 0 Å². The third-order valence-electron chi connectivity index (χ3n) is 1.94. The Balaban J connectivity index is 3.10. The topological polar surface area (TPSA) is 29.1 Å². The first-order valence-corrected chi connectivity index (χ1v) is 7.40. The molecule has 0 fully saturated rings. The maximum Gasteiger partial charge on any atom is 0.233 e. The number of thioether (sulfide) groups is 1. The number of carbonyl (C=O) groups excluding carboxylic acids is 1. The van der Waals surface area contributed by atoms with Crippen molar-refractivity contribution in [1.29, 1.82) is 0 Å². The van der Waals surface area contributed by atoms with Crippen LogP contribution >= 0.6 is 27.7 Å². The minimum absolute atomic E-state index is 0.0704. The fourth-order valence-electron chi connectivity index (χ4n) is 1.08. The van der Waals surface area contributed by atoms with Crippen LogP contribution < -0.4 is 5.32 Å². The Bertz CT molecular complexity index is 153. The van der Waals surface area contributed by atoms with E-state index in [-0.39, 0.29) is 10.7 Å². The zero-order valence-electron chi connectivity index (χ0n) is 9.01. The summed E-state index contributed by atoms with van der Waals surface area (Å²) < 4.78 is 0. The van der Waals surface area contributed by atoms with Crippen LogP contribution in [-0.4, -0.2) is 29.3 Å². The van der Waals surface area contributed by atoms with E-state index in [1.54, 1.807) is 0 Å². The van der Waals surface area contributed by atoms with Crippen molar-refractivity contribution in [2.45, 2.75) is 37.4 Å². The second-order valence-electron chi connectivity index (χ2n) is 3.31. The molecule has 0 aliphatic carbocycles. The van der Waals surface area contributed by atoms with Gasteiger partial charge >= 0.3 is 0 Å². The molecule has 4 heteroatoms. The van der Waals surface area contributed by atoms with Gasteiger partial charge in [-0.15, -0.1) is 0 Å². The molecule has 0 rings (SSSR count). The molecule has 0 aromatic carbocycles. The summed E-state index contributed by atoms with van der Waals surface area (Å²) in [6, 6.07) is 0. The summed E-state index contributed by atoms with van der Waals surface area (Å²) in [6.45, 7) is 2.65. The van der Waals surface area contributed by atoms with Gasteiger partial charge in [-0.05, 0) is 31.8 Å². The van der Waals surface area contributed by atoms with Crippen LogP contribution in [0.1, 0.15) is 32.6 Å². The molecule has 0 bridgehead atoms. The average Bonchev–Trinajstić information content (AvgIpc) is 2.16. The van der Waals surface area contributed by atoms with Gasteiger partial charge in [-0.2, -0.15) is 11.8 Å². The molecule has 0 spiro atoms. The van der Waals surface area contributed by atoms with Crippen molar-refractivity contribution >= 4 is 33.6 Å². The molecule has 0 radical (unpaired) electrons. The van der Waals surface area contributed by atoms with E-state index >= 15 is 0 Å². The molecule has 0 heterocycles. The van der Waals surface area contributed by atoms with Gasteiger partial charge in [0.25, 0.3) is 0 Å². The molecule has 0 aliphatic heterocycles. The smallest absolute Gasteiger partial charge is 0.233 e. The SMILES string of the molecule is CSCCCCCCNC(=O)C(C)Br. The van der Waals surface area contributed by atoms with E-state index in [4.69, 9.17) is 0 Å². The Morgan fingerprint density at radius 3 is 2.57 bits per heavy atom. The summed E-state index contributed by atoms with van der Waals surface area (Å²) in [6.07, 6.45) is 7.03. The Morgan fingerprint density at radius 2 is 2.00 bits per heavy atom. The van der Waals surface area contributed by atoms with E-state index in [9.17, 15) is 4.79 Å². The van der Waals surface area contributed by atoms with Crippen LogP contribution in [0.5, 0.6) is 0 Å². The average molecular weight is 282 g/mol. The Hall–Kier alpha value is 0.300. The lowest BCUT2D eigenvalue weighted by Crippen LogP contribution is -2.30. The highest BCUT2D eigenvalue weighted by Gasteiger charge is 2.05. The summed E-state index contributed by atoms with van der Waals surface area (Å²) in [4.78, 5) is 11.0. The maximum absolute atomic E-state index is 11.1. The molecule has 0 saturated carbocycles. The number of hydrogen-bond acceptors (Lipinski definition) is 2. The number of alkyl halides is 1. The van der Waals surface area contributed by atoms with Gasteiger partial charge in [0.05, 0.1) is 4.83 Å². The number of hydrogen-bond donors (Lipinski definition) is 1. The van der Waals surface area contributed by atoms with Gasteiger partial charge in [-0.3, -0.25) is 4.79 Å². The molecule has 1 unspecified atom stereocenters. The van der Waals surface area contributed by atoms with Crippen molar-refractivity contribution in [3.8, 4) is 0 Å². The Morgan fingerprint density at radius 1 is 1.36 bits per heavy atom. The van der Waals surface area contributed by atoms with Crippen molar-refractivity contribution < 1.29 is 4.79 Å². The van der Waals surface area contributed by atoms with E-state index in [1.807, 2.05) is 18.7 Å². The van der Waals surface area contributed by atoms with Crippen molar-refractivity contribution in [3.05, 3.63) is 0 Å². The maximum atomic E-state index is 11.1. The first-order chi connectivity index (χ1) is 6.68. The third kappa shape index (κ3) is 8.88. The highest BCUT2D eigenvalue weighted by atomic mass is 79.9. The van der Waals surface area contributed by atoms with E-state index < -0.39 is 0 Å². The predicted octanol–water partition coefficient (Wildman–Crippen LogP) is 2.81. The van der Waals surface area contributed by atoms with Crippen molar-refractivity contribution in [3.63, 3.8) is 0 Å². The summed E-state index contributed by atoms with van der Waals surface area (Å²) >= 11 is 5.13. The van der Waals surface area contributed by atoms with Crippen LogP contribution in [0.3, 0.4) is 0 Å². The number of carbonyl (C=O) groups is 1. The monoisotopic (exact) mass is 281 g/mol. The van der Waals surface area contributed by atoms with Crippen molar-refractivity contribution in [2.24, 2.45) is 0 Å². The second kappa shape index (κ2) is 9.84. The molecule has 14 heavy (non-hydrogen) atoms. The standard InChI is InChI=1S/C10H20BrNOS/c1-9(11)10(13)12-7-5-3-4-6-8-14-2/h9H,3-8H2,1-2H3,(H,12,13). The van der Waals surface area contributed by atoms with Crippen LogP contribution in [0.15, 0.2) is 0 Å². The van der Waals surface area contributed by atoms with E-state index in [1.165, 1.54) is 25.0 Å². The number of rotatable bonds is 8. The molecule has 1 amide bonds. The molecule has 0 saturated heterocycles. The molecule has 1 atom stereocenters. The summed E-state index contributed by atoms with van der Waals surface area (Å²) in [5.41, 5.74) is 0. The zero-order valence-corrected chi connectivity index (χ0v) is 11.4. The minimum Gasteiger partial charge on any atom is -0.355 e. The molecule has 84 valence electrons. The summed E-state index contributed by atoms with van der Waals surface area (Å²) in [5.74, 6) is 1.35. The Labute approximate surface area is 99.7 Å². The van der Waals surface area contributed by atoms with Crippen LogP contribution in [-0.2, 0) is 4.79 Å². The number of unbranched alkanes of at least 4 members (excludes halogenated alkanes) is 3. The van der Waals surface area contributed by atoms with Crippen LogP contribution in [0, 0.1) is 0 Å². The lowest BCUT2D eigenvalue weighted by Gasteiger charge is -2.06. The van der Waals surface area contributed by atoms with Gasteiger partial charge in [-0.25, -0.2) is 0 Å². The normalized spacial score (nSPS) is 12.5. The van der Waals surface area contributed by atoms with Gasteiger partial charge in [0, 0.05) is 6.54 Å². The summed E-state index contributed by atoms with van der Waals surface area (Å²) in [7, 11) is 0. The highest BCUT2D eigenvalue weighted by Crippen LogP contribution is 2.04. The second-order valence-corrected chi connectivity index (χ2v) is 5.67. The molecule has 2 nitrogen and oxygen atoms in total.